The lowest BCUT2D eigenvalue weighted by molar-refractivity contribution is -0.134. The normalized spacial score (nSPS) is 15.5. The van der Waals surface area contributed by atoms with Crippen LogP contribution in [0, 0.1) is 20.8 Å². The van der Waals surface area contributed by atoms with Crippen LogP contribution < -0.4 is 4.74 Å². The fourth-order valence-corrected chi connectivity index (χ4v) is 4.98. The molecule has 2 aromatic rings. The second-order valence-corrected chi connectivity index (χ2v) is 9.05. The molecule has 150 valence electrons. The van der Waals surface area contributed by atoms with Gasteiger partial charge in [-0.15, -0.1) is 0 Å². The molecule has 0 unspecified atom stereocenters. The maximum atomic E-state index is 12.7. The molecule has 3 rings (SSSR count). The van der Waals surface area contributed by atoms with E-state index < -0.39 is 10.0 Å². The maximum Gasteiger partial charge on any atom is 0.260 e. The Balaban J connectivity index is 1.57. The molecule has 1 fully saturated rings. The van der Waals surface area contributed by atoms with E-state index in [0.717, 1.165) is 22.4 Å². The fourth-order valence-electron chi connectivity index (χ4n) is 3.54. The van der Waals surface area contributed by atoms with E-state index in [4.69, 9.17) is 4.74 Å². The van der Waals surface area contributed by atoms with Crippen LogP contribution in [0.1, 0.15) is 16.7 Å². The Morgan fingerprint density at radius 3 is 2.11 bits per heavy atom. The van der Waals surface area contributed by atoms with Gasteiger partial charge in [0.25, 0.3) is 5.91 Å². The zero-order chi connectivity index (χ0) is 20.3. The summed E-state index contributed by atoms with van der Waals surface area (Å²) in [5.41, 5.74) is 3.16. The molecule has 1 amide bonds. The van der Waals surface area contributed by atoms with Gasteiger partial charge in [-0.25, -0.2) is 8.42 Å². The molecule has 2 aromatic carbocycles. The van der Waals surface area contributed by atoms with Crippen molar-refractivity contribution >= 4 is 15.9 Å². The van der Waals surface area contributed by atoms with E-state index in [2.05, 4.69) is 0 Å². The van der Waals surface area contributed by atoms with E-state index in [1.165, 1.54) is 4.31 Å². The van der Waals surface area contributed by atoms with Crippen LogP contribution in [-0.4, -0.2) is 56.3 Å². The molecule has 1 heterocycles. The zero-order valence-electron chi connectivity index (χ0n) is 16.5. The van der Waals surface area contributed by atoms with Gasteiger partial charge in [0, 0.05) is 26.2 Å². The van der Waals surface area contributed by atoms with Crippen molar-refractivity contribution in [3.63, 3.8) is 0 Å². The van der Waals surface area contributed by atoms with Gasteiger partial charge in [-0.3, -0.25) is 4.79 Å². The van der Waals surface area contributed by atoms with Crippen molar-refractivity contribution in [2.45, 2.75) is 25.7 Å². The van der Waals surface area contributed by atoms with Gasteiger partial charge in [0.05, 0.1) is 4.90 Å². The van der Waals surface area contributed by atoms with Crippen LogP contribution >= 0.6 is 0 Å². The number of aryl methyl sites for hydroxylation is 3. The number of sulfonamides is 1. The van der Waals surface area contributed by atoms with Gasteiger partial charge in [-0.1, -0.05) is 35.9 Å². The highest BCUT2D eigenvalue weighted by atomic mass is 32.2. The van der Waals surface area contributed by atoms with Crippen molar-refractivity contribution in [2.75, 3.05) is 32.8 Å². The van der Waals surface area contributed by atoms with E-state index in [0.29, 0.717) is 13.1 Å². The number of ether oxygens (including phenoxy) is 1. The highest BCUT2D eigenvalue weighted by molar-refractivity contribution is 7.89. The second-order valence-electron chi connectivity index (χ2n) is 7.11. The molecule has 7 heteroatoms. The summed E-state index contributed by atoms with van der Waals surface area (Å²) in [7, 11) is -3.52. The molecule has 0 radical (unpaired) electrons. The molecule has 6 nitrogen and oxygen atoms in total. The van der Waals surface area contributed by atoms with Crippen LogP contribution in [0.4, 0.5) is 0 Å². The van der Waals surface area contributed by atoms with Crippen molar-refractivity contribution in [1.82, 2.24) is 9.21 Å². The molecule has 0 bridgehead atoms. The summed E-state index contributed by atoms with van der Waals surface area (Å²) in [5, 5.41) is 0. The number of amides is 1. The molecule has 1 aliphatic heterocycles. The highest BCUT2D eigenvalue weighted by Gasteiger charge is 2.30. The Kier molecular flexibility index (Phi) is 6.05. The Morgan fingerprint density at radius 2 is 1.54 bits per heavy atom. The third-order valence-corrected chi connectivity index (χ3v) is 6.83. The number of carbonyl (C=O) groups is 1. The average Bonchev–Trinajstić information content (AvgIpc) is 2.67. The van der Waals surface area contributed by atoms with Gasteiger partial charge in [0.2, 0.25) is 10.0 Å². The lowest BCUT2D eigenvalue weighted by Crippen LogP contribution is -2.51. The smallest absolute Gasteiger partial charge is 0.260 e. The van der Waals surface area contributed by atoms with E-state index in [-0.39, 0.29) is 30.5 Å². The first-order valence-electron chi connectivity index (χ1n) is 9.32. The average molecular weight is 403 g/mol. The third kappa shape index (κ3) is 4.36. The summed E-state index contributed by atoms with van der Waals surface area (Å²) in [5.74, 6) is 0.611. The first kappa shape index (κ1) is 20.4. The predicted molar refractivity (Wildman–Crippen MR) is 108 cm³/mol. The van der Waals surface area contributed by atoms with Crippen LogP contribution in [0.3, 0.4) is 0 Å². The summed E-state index contributed by atoms with van der Waals surface area (Å²) < 4.78 is 32.6. The molecule has 0 spiro atoms. The predicted octanol–water partition coefficient (Wildman–Crippen LogP) is 2.52. The molecule has 0 atom stereocenters. The number of piperazine rings is 1. The van der Waals surface area contributed by atoms with Crippen LogP contribution in [0.25, 0.3) is 0 Å². The van der Waals surface area contributed by atoms with Crippen molar-refractivity contribution < 1.29 is 17.9 Å². The first-order valence-corrected chi connectivity index (χ1v) is 10.8. The van der Waals surface area contributed by atoms with Crippen molar-refractivity contribution in [3.8, 4) is 5.75 Å². The number of rotatable bonds is 5. The van der Waals surface area contributed by atoms with E-state index in [1.54, 1.807) is 35.2 Å². The lowest BCUT2D eigenvalue weighted by atomic mass is 10.1. The molecule has 0 aliphatic carbocycles. The molecular formula is C21H26N2O4S. The van der Waals surface area contributed by atoms with Gasteiger partial charge in [0.1, 0.15) is 5.75 Å². The van der Waals surface area contributed by atoms with Gasteiger partial charge in [-0.2, -0.15) is 4.31 Å². The van der Waals surface area contributed by atoms with Gasteiger partial charge >= 0.3 is 0 Å². The SMILES string of the molecule is Cc1cc(C)c(OCC(=O)N2CCN(S(=O)(=O)c3ccccc3)CC2)c(C)c1. The first-order chi connectivity index (χ1) is 13.3. The minimum absolute atomic E-state index is 0.0455. The molecule has 0 aromatic heterocycles. The number of nitrogens with zero attached hydrogens (tertiary/aromatic N) is 2. The van der Waals surface area contributed by atoms with E-state index in [1.807, 2.05) is 32.9 Å². The van der Waals surface area contributed by atoms with Gasteiger partial charge in [-0.05, 0) is 44.0 Å². The van der Waals surface area contributed by atoms with Crippen LogP contribution in [0.15, 0.2) is 47.4 Å². The number of hydrogen-bond donors (Lipinski definition) is 0. The number of benzene rings is 2. The third-order valence-electron chi connectivity index (χ3n) is 4.92. The molecular weight excluding hydrogens is 376 g/mol. The number of hydrogen-bond acceptors (Lipinski definition) is 4. The Morgan fingerprint density at radius 1 is 0.964 bits per heavy atom. The lowest BCUT2D eigenvalue weighted by Gasteiger charge is -2.34. The minimum atomic E-state index is -3.52. The molecule has 1 aliphatic rings. The van der Waals surface area contributed by atoms with Crippen LogP contribution in [0.5, 0.6) is 5.75 Å². The van der Waals surface area contributed by atoms with Crippen LogP contribution in [0.2, 0.25) is 0 Å². The Bertz CT molecular complexity index is 927. The summed E-state index contributed by atoms with van der Waals surface area (Å²) in [4.78, 5) is 14.5. The quantitative estimate of drug-likeness (QED) is 0.771. The van der Waals surface area contributed by atoms with E-state index in [9.17, 15) is 13.2 Å². The minimum Gasteiger partial charge on any atom is -0.483 e. The topological polar surface area (TPSA) is 66.9 Å². The van der Waals surface area contributed by atoms with Crippen molar-refractivity contribution in [1.29, 1.82) is 0 Å². The largest absolute Gasteiger partial charge is 0.483 e. The molecule has 1 saturated heterocycles. The van der Waals surface area contributed by atoms with Crippen LogP contribution in [-0.2, 0) is 14.8 Å². The van der Waals surface area contributed by atoms with Gasteiger partial charge < -0.3 is 9.64 Å². The summed E-state index contributed by atoms with van der Waals surface area (Å²) in [6.07, 6.45) is 0. The highest BCUT2D eigenvalue weighted by Crippen LogP contribution is 2.24. The van der Waals surface area contributed by atoms with Crippen molar-refractivity contribution in [3.05, 3.63) is 59.2 Å². The number of carbonyl (C=O) groups excluding carboxylic acids is 1. The summed E-state index contributed by atoms with van der Waals surface area (Å²) in [6.45, 7) is 7.20. The zero-order valence-corrected chi connectivity index (χ0v) is 17.3. The molecule has 28 heavy (non-hydrogen) atoms. The summed E-state index contributed by atoms with van der Waals surface area (Å²) in [6, 6.07) is 12.4. The molecule has 0 N–H and O–H groups in total. The Hall–Kier alpha value is -2.38. The van der Waals surface area contributed by atoms with Crippen molar-refractivity contribution in [2.24, 2.45) is 0 Å². The van der Waals surface area contributed by atoms with E-state index >= 15 is 0 Å². The second kappa shape index (κ2) is 8.32. The summed E-state index contributed by atoms with van der Waals surface area (Å²) >= 11 is 0. The van der Waals surface area contributed by atoms with Gasteiger partial charge in [0.15, 0.2) is 6.61 Å². The standard InChI is InChI=1S/C21H26N2O4S/c1-16-13-17(2)21(18(3)14-16)27-15-20(24)22-9-11-23(12-10-22)28(25,26)19-7-5-4-6-8-19/h4-8,13-14H,9-12,15H2,1-3H3. The Labute approximate surface area is 166 Å². The fraction of sp³-hybridized carbons (Fsp3) is 0.381. The maximum absolute atomic E-state index is 12.7. The monoisotopic (exact) mass is 402 g/mol. The molecule has 0 saturated carbocycles.